The Morgan fingerprint density at radius 3 is 2.32 bits per heavy atom. The lowest BCUT2D eigenvalue weighted by Gasteiger charge is -2.70. The van der Waals surface area contributed by atoms with Crippen LogP contribution in [0.4, 0.5) is 0 Å². The van der Waals surface area contributed by atoms with Crippen LogP contribution in [0.5, 0.6) is 5.75 Å². The zero-order chi connectivity index (χ0) is 32.1. The van der Waals surface area contributed by atoms with Crippen molar-refractivity contribution in [3.05, 3.63) is 47.6 Å². The van der Waals surface area contributed by atoms with Crippen molar-refractivity contribution in [1.82, 2.24) is 0 Å². The second-order valence-electron chi connectivity index (χ2n) is 16.6. The number of hydrogen-bond donors (Lipinski definition) is 3. The molecule has 0 saturated heterocycles. The first-order valence-electron chi connectivity index (χ1n) is 17.2. The minimum Gasteiger partial charge on any atom is -0.508 e. The van der Waals surface area contributed by atoms with E-state index < -0.39 is 5.60 Å². The van der Waals surface area contributed by atoms with Gasteiger partial charge in [-0.25, -0.2) is 4.79 Å². The van der Waals surface area contributed by atoms with Crippen LogP contribution in [-0.2, 0) is 9.53 Å². The molecule has 0 bridgehead atoms. The van der Waals surface area contributed by atoms with Gasteiger partial charge in [0.2, 0.25) is 0 Å². The smallest absolute Gasteiger partial charge is 0.331 e. The Morgan fingerprint density at radius 1 is 0.955 bits per heavy atom. The number of aliphatic hydroxyl groups excluding tert-OH is 1. The highest BCUT2D eigenvalue weighted by Gasteiger charge is 2.69. The largest absolute Gasteiger partial charge is 0.508 e. The van der Waals surface area contributed by atoms with Crippen molar-refractivity contribution >= 4 is 12.0 Å². The van der Waals surface area contributed by atoms with Gasteiger partial charge >= 0.3 is 5.97 Å². The summed E-state index contributed by atoms with van der Waals surface area (Å²) in [6.07, 6.45) is 15.8. The van der Waals surface area contributed by atoms with Gasteiger partial charge in [-0.2, -0.15) is 0 Å². The van der Waals surface area contributed by atoms with E-state index in [1.165, 1.54) is 31.8 Å². The Labute approximate surface area is 266 Å². The molecular weight excluding hydrogens is 548 g/mol. The Morgan fingerprint density at radius 2 is 1.64 bits per heavy atom. The number of ether oxygens (including phenoxy) is 1. The lowest BCUT2D eigenvalue weighted by Crippen LogP contribution is -2.64. The zero-order valence-corrected chi connectivity index (χ0v) is 28.4. The molecule has 0 aliphatic heterocycles. The molecule has 0 unspecified atom stereocenters. The highest BCUT2D eigenvalue weighted by molar-refractivity contribution is 5.87. The van der Waals surface area contributed by atoms with Crippen LogP contribution in [0.25, 0.3) is 6.08 Å². The fourth-order valence-corrected chi connectivity index (χ4v) is 11.5. The van der Waals surface area contributed by atoms with Crippen LogP contribution in [0.3, 0.4) is 0 Å². The predicted octanol–water partition coefficient (Wildman–Crippen LogP) is 8.47. The number of benzene rings is 1. The average molecular weight is 607 g/mol. The number of aromatic hydroxyl groups is 1. The number of phenols is 1. The maximum absolute atomic E-state index is 13.0. The number of aliphatic hydroxyl groups is 2. The Hall–Kier alpha value is -2.11. The second-order valence-corrected chi connectivity index (χ2v) is 16.6. The van der Waals surface area contributed by atoms with Gasteiger partial charge in [0.1, 0.15) is 11.9 Å². The second kappa shape index (κ2) is 11.9. The first-order chi connectivity index (χ1) is 20.6. The van der Waals surface area contributed by atoms with Crippen molar-refractivity contribution < 1.29 is 24.9 Å². The molecule has 4 aliphatic carbocycles. The van der Waals surface area contributed by atoms with Gasteiger partial charge < -0.3 is 20.1 Å². The zero-order valence-electron chi connectivity index (χ0n) is 28.4. The molecule has 0 spiro atoms. The van der Waals surface area contributed by atoms with E-state index in [0.29, 0.717) is 23.7 Å². The van der Waals surface area contributed by atoms with E-state index in [9.17, 15) is 20.1 Å². The standard InChI is InChI=1S/C39H58O5/c1-26(25-40)9-8-21-39(7,43)30-18-23-37(5)29(30)15-16-32-36(4)22-20-33(35(2,3)31(36)19-24-38(32,37)6)44-34(42)17-12-27-10-13-28(41)14-11-27/h9-14,17,29-33,40-41,43H,8,15-16,18-25H2,1-7H3/b17-12+,26-9+/t29-,30+,31+,32-,33+,36+,37-,38-,39+/m1/s1. The molecule has 1 aromatic carbocycles. The molecule has 44 heavy (non-hydrogen) atoms. The van der Waals surface area contributed by atoms with Gasteiger partial charge in [-0.15, -0.1) is 0 Å². The number of fused-ring (bicyclic) bond motifs is 5. The van der Waals surface area contributed by atoms with Crippen LogP contribution in [0.15, 0.2) is 42.0 Å². The van der Waals surface area contributed by atoms with Crippen molar-refractivity contribution in [3.8, 4) is 5.75 Å². The van der Waals surface area contributed by atoms with Crippen molar-refractivity contribution in [2.45, 2.75) is 124 Å². The number of phenolic OH excluding ortho intramolecular Hbond substituents is 1. The van der Waals surface area contributed by atoms with Crippen molar-refractivity contribution in [2.24, 2.45) is 45.3 Å². The van der Waals surface area contributed by atoms with E-state index in [0.717, 1.165) is 49.7 Å². The summed E-state index contributed by atoms with van der Waals surface area (Å²) in [5.41, 5.74) is 1.66. The molecule has 5 nitrogen and oxygen atoms in total. The lowest BCUT2D eigenvalue weighted by atomic mass is 9.35. The quantitative estimate of drug-likeness (QED) is 0.157. The summed E-state index contributed by atoms with van der Waals surface area (Å²) in [4.78, 5) is 13.0. The summed E-state index contributed by atoms with van der Waals surface area (Å²) in [5.74, 6) is 1.88. The first kappa shape index (κ1) is 33.3. The summed E-state index contributed by atoms with van der Waals surface area (Å²) < 4.78 is 6.18. The van der Waals surface area contributed by atoms with Crippen molar-refractivity contribution in [1.29, 1.82) is 0 Å². The third kappa shape index (κ3) is 5.59. The number of carbonyl (C=O) groups excluding carboxylic acids is 1. The Balaban J connectivity index is 1.30. The summed E-state index contributed by atoms with van der Waals surface area (Å²) in [6.45, 7) is 16.5. The fourth-order valence-electron chi connectivity index (χ4n) is 11.5. The number of hydrogen-bond acceptors (Lipinski definition) is 5. The van der Waals surface area contributed by atoms with Gasteiger partial charge in [0.05, 0.1) is 12.2 Å². The molecule has 244 valence electrons. The predicted molar refractivity (Wildman–Crippen MR) is 177 cm³/mol. The molecule has 3 N–H and O–H groups in total. The molecule has 1 aromatic rings. The minimum atomic E-state index is -0.695. The molecule has 0 amide bonds. The van der Waals surface area contributed by atoms with Gasteiger partial charge in [0.25, 0.3) is 0 Å². The normalized spacial score (nSPS) is 39.7. The minimum absolute atomic E-state index is 0.0871. The topological polar surface area (TPSA) is 87.0 Å². The van der Waals surface area contributed by atoms with E-state index in [2.05, 4.69) is 47.6 Å². The number of esters is 1. The van der Waals surface area contributed by atoms with Gasteiger partial charge in [0.15, 0.2) is 0 Å². The fraction of sp³-hybridized carbons (Fsp3) is 0.718. The van der Waals surface area contributed by atoms with Crippen LogP contribution in [0.2, 0.25) is 0 Å². The van der Waals surface area contributed by atoms with Crippen molar-refractivity contribution in [3.63, 3.8) is 0 Å². The summed E-state index contributed by atoms with van der Waals surface area (Å²) >= 11 is 0. The van der Waals surface area contributed by atoms with Gasteiger partial charge in [-0.3, -0.25) is 0 Å². The van der Waals surface area contributed by atoms with E-state index in [1.54, 1.807) is 30.3 Å². The van der Waals surface area contributed by atoms with E-state index >= 15 is 0 Å². The molecular formula is C39H58O5. The number of rotatable bonds is 8. The SMILES string of the molecule is C/C(=C\CC[C@](C)(O)[C@H]1CC[C@]2(C)[C@@H]1CC[C@@H]1[C@@]3(C)CC[C@H](OC(=O)/C=C/c4ccc(O)cc4)C(C)(C)[C@@H]3CC[C@]12C)CO. The molecule has 0 aromatic heterocycles. The van der Waals surface area contributed by atoms with Crippen molar-refractivity contribution in [2.75, 3.05) is 6.61 Å². The molecule has 4 aliphatic rings. The van der Waals surface area contributed by atoms with Crippen LogP contribution in [0, 0.1) is 45.3 Å². The molecule has 9 atom stereocenters. The highest BCUT2D eigenvalue weighted by atomic mass is 16.5. The third-order valence-corrected chi connectivity index (χ3v) is 14.1. The molecule has 0 heterocycles. The van der Waals surface area contributed by atoms with Gasteiger partial charge in [-0.05, 0) is 142 Å². The van der Waals surface area contributed by atoms with Crippen LogP contribution in [0.1, 0.15) is 118 Å². The molecule has 5 rings (SSSR count). The Bertz CT molecular complexity index is 1260. The van der Waals surface area contributed by atoms with Crippen LogP contribution in [-0.4, -0.2) is 39.6 Å². The summed E-state index contributed by atoms with van der Waals surface area (Å²) in [6, 6.07) is 6.81. The third-order valence-electron chi connectivity index (χ3n) is 14.1. The highest BCUT2D eigenvalue weighted by Crippen LogP contribution is 2.76. The summed E-state index contributed by atoms with van der Waals surface area (Å²) in [5, 5.41) is 30.7. The first-order valence-corrected chi connectivity index (χ1v) is 17.2. The average Bonchev–Trinajstić information content (AvgIpc) is 3.33. The molecule has 5 heteroatoms. The molecule has 4 fully saturated rings. The molecule has 0 radical (unpaired) electrons. The Kier molecular flexibility index (Phi) is 9.01. The summed E-state index contributed by atoms with van der Waals surface area (Å²) in [7, 11) is 0. The molecule has 4 saturated carbocycles. The monoisotopic (exact) mass is 606 g/mol. The maximum Gasteiger partial charge on any atom is 0.331 e. The van der Waals surface area contributed by atoms with Crippen LogP contribution < -0.4 is 0 Å². The van der Waals surface area contributed by atoms with Crippen LogP contribution >= 0.6 is 0 Å². The number of carbonyl (C=O) groups is 1. The maximum atomic E-state index is 13.0. The van der Waals surface area contributed by atoms with E-state index in [4.69, 9.17) is 4.74 Å². The van der Waals surface area contributed by atoms with Gasteiger partial charge in [0, 0.05) is 11.5 Å². The van der Waals surface area contributed by atoms with Gasteiger partial charge in [-0.1, -0.05) is 58.4 Å². The van der Waals surface area contributed by atoms with E-state index in [-0.39, 0.29) is 46.1 Å². The lowest BCUT2D eigenvalue weighted by molar-refractivity contribution is -0.229. The number of allylic oxidation sites excluding steroid dienone is 1. The van der Waals surface area contributed by atoms with E-state index in [1.807, 2.05) is 6.92 Å².